The van der Waals surface area contributed by atoms with Gasteiger partial charge in [0.15, 0.2) is 0 Å². The van der Waals surface area contributed by atoms with E-state index < -0.39 is 17.9 Å². The highest BCUT2D eigenvalue weighted by molar-refractivity contribution is 5.80. The molecule has 0 radical (unpaired) electrons. The average Bonchev–Trinajstić information content (AvgIpc) is 2.73. The van der Waals surface area contributed by atoms with E-state index in [0.29, 0.717) is 5.69 Å². The molecule has 2 amide bonds. The van der Waals surface area contributed by atoms with E-state index in [9.17, 15) is 9.59 Å². The Labute approximate surface area is 96.8 Å². The van der Waals surface area contributed by atoms with Gasteiger partial charge in [-0.3, -0.25) is 9.59 Å². The third kappa shape index (κ3) is 4.17. The van der Waals surface area contributed by atoms with E-state index >= 15 is 0 Å². The van der Waals surface area contributed by atoms with E-state index in [0.717, 1.165) is 0 Å². The van der Waals surface area contributed by atoms with Gasteiger partial charge in [-0.15, -0.1) is 5.10 Å². The molecule has 0 aliphatic heterocycles. The lowest BCUT2D eigenvalue weighted by Crippen LogP contribution is -2.41. The second-order valence-corrected chi connectivity index (χ2v) is 3.33. The molecule has 0 aliphatic rings. The van der Waals surface area contributed by atoms with E-state index in [4.69, 9.17) is 16.6 Å². The molecule has 1 rings (SSSR count). The molecule has 1 heterocycles. The van der Waals surface area contributed by atoms with E-state index in [1.165, 1.54) is 10.9 Å². The van der Waals surface area contributed by atoms with Crippen LogP contribution in [0.3, 0.4) is 0 Å². The van der Waals surface area contributed by atoms with Gasteiger partial charge in [0, 0.05) is 6.54 Å². The zero-order valence-corrected chi connectivity index (χ0v) is 9.04. The lowest BCUT2D eigenvalue weighted by Gasteiger charge is -2.07. The largest absolute Gasteiger partial charge is 0.381 e. The van der Waals surface area contributed by atoms with E-state index in [1.54, 1.807) is 0 Å². The Bertz CT molecular complexity index is 404. The summed E-state index contributed by atoms with van der Waals surface area (Å²) in [6.45, 7) is -0.0624. The minimum Gasteiger partial charge on any atom is -0.381 e. The summed E-state index contributed by atoms with van der Waals surface area (Å²) in [5.74, 6) is -1.31. The number of hydrogen-bond donors (Lipinski definition) is 4. The second-order valence-electron chi connectivity index (χ2n) is 3.33. The Hall–Kier alpha value is -2.00. The normalized spacial score (nSPS) is 12.1. The first-order valence-corrected chi connectivity index (χ1v) is 4.86. The predicted molar refractivity (Wildman–Crippen MR) is 56.1 cm³/mol. The lowest BCUT2D eigenvalue weighted by atomic mass is 10.3. The topological polar surface area (TPSA) is 149 Å². The Morgan fingerprint density at radius 1 is 1.59 bits per heavy atom. The lowest BCUT2D eigenvalue weighted by molar-refractivity contribution is -0.127. The van der Waals surface area contributed by atoms with Crippen molar-refractivity contribution in [2.24, 2.45) is 11.5 Å². The predicted octanol–water partition coefficient (Wildman–Crippen LogP) is -3.30. The Kier molecular flexibility index (Phi) is 4.55. The highest BCUT2D eigenvalue weighted by Gasteiger charge is 2.12. The first-order chi connectivity index (χ1) is 8.02. The maximum atomic E-state index is 11.3. The summed E-state index contributed by atoms with van der Waals surface area (Å²) in [5.41, 5.74) is 10.7. The van der Waals surface area contributed by atoms with Crippen LogP contribution in [0.25, 0.3) is 0 Å². The summed E-state index contributed by atoms with van der Waals surface area (Å²) in [6.07, 6.45) is 0.138. The minimum atomic E-state index is -1.39. The summed E-state index contributed by atoms with van der Waals surface area (Å²) < 4.78 is 1.30. The maximum absolute atomic E-state index is 11.3. The molecular formula is C8H14N6O3. The van der Waals surface area contributed by atoms with Crippen molar-refractivity contribution in [1.29, 1.82) is 0 Å². The van der Waals surface area contributed by atoms with Gasteiger partial charge in [-0.2, -0.15) is 0 Å². The number of hydrogen-bond acceptors (Lipinski definition) is 6. The fraction of sp³-hybridized carbons (Fsp3) is 0.500. The van der Waals surface area contributed by atoms with Crippen molar-refractivity contribution in [1.82, 2.24) is 20.3 Å². The monoisotopic (exact) mass is 242 g/mol. The van der Waals surface area contributed by atoms with E-state index in [-0.39, 0.29) is 19.6 Å². The molecule has 9 heteroatoms. The molecular weight excluding hydrogens is 228 g/mol. The number of aromatic nitrogens is 3. The zero-order valence-electron chi connectivity index (χ0n) is 9.04. The van der Waals surface area contributed by atoms with Crippen molar-refractivity contribution >= 4 is 11.8 Å². The number of rotatable bonds is 6. The molecule has 0 aliphatic carbocycles. The number of aliphatic hydroxyl groups excluding tert-OH is 1. The number of primary amides is 1. The summed E-state index contributed by atoms with van der Waals surface area (Å²) in [5, 5.41) is 18.7. The minimum absolute atomic E-state index is 0.0710. The highest BCUT2D eigenvalue weighted by Crippen LogP contribution is 1.90. The van der Waals surface area contributed by atoms with Gasteiger partial charge in [0.2, 0.25) is 11.8 Å². The first kappa shape index (κ1) is 13.1. The molecule has 94 valence electrons. The van der Waals surface area contributed by atoms with Crippen LogP contribution in [0, 0.1) is 0 Å². The maximum Gasteiger partial charge on any atom is 0.248 e. The van der Waals surface area contributed by atoms with Crippen LogP contribution in [-0.2, 0) is 22.7 Å². The smallest absolute Gasteiger partial charge is 0.248 e. The van der Waals surface area contributed by atoms with Crippen molar-refractivity contribution in [3.8, 4) is 0 Å². The van der Waals surface area contributed by atoms with Crippen LogP contribution in [0.4, 0.5) is 0 Å². The van der Waals surface area contributed by atoms with Gasteiger partial charge in [-0.1, -0.05) is 5.21 Å². The molecule has 1 aromatic rings. The number of amides is 2. The molecule has 0 saturated heterocycles. The molecule has 0 saturated carbocycles. The number of nitrogens with zero attached hydrogens (tertiary/aromatic N) is 3. The summed E-state index contributed by atoms with van der Waals surface area (Å²) in [6, 6.07) is 0. The second kappa shape index (κ2) is 5.92. The van der Waals surface area contributed by atoms with Gasteiger partial charge in [0.05, 0.1) is 18.4 Å². The van der Waals surface area contributed by atoms with Gasteiger partial charge in [0.25, 0.3) is 0 Å². The van der Waals surface area contributed by atoms with Gasteiger partial charge in [0.1, 0.15) is 12.6 Å². The SMILES string of the molecule is NCc1cn(CC(=O)NCC(O)C(N)=O)nn1. The van der Waals surface area contributed by atoms with Crippen molar-refractivity contribution in [3.05, 3.63) is 11.9 Å². The Morgan fingerprint density at radius 2 is 2.29 bits per heavy atom. The number of aliphatic hydroxyl groups is 1. The summed E-state index contributed by atoms with van der Waals surface area (Å²) >= 11 is 0. The van der Waals surface area contributed by atoms with Crippen LogP contribution in [0.1, 0.15) is 5.69 Å². The molecule has 6 N–H and O–H groups in total. The molecule has 1 aromatic heterocycles. The Balaban J connectivity index is 2.37. The van der Waals surface area contributed by atoms with Crippen molar-refractivity contribution < 1.29 is 14.7 Å². The van der Waals surface area contributed by atoms with Crippen molar-refractivity contribution in [2.75, 3.05) is 6.54 Å². The molecule has 9 nitrogen and oxygen atoms in total. The van der Waals surface area contributed by atoms with Crippen LogP contribution in [0.5, 0.6) is 0 Å². The van der Waals surface area contributed by atoms with Gasteiger partial charge in [-0.05, 0) is 0 Å². The quantitative estimate of drug-likeness (QED) is 0.410. The van der Waals surface area contributed by atoms with Crippen molar-refractivity contribution in [3.63, 3.8) is 0 Å². The summed E-state index contributed by atoms with van der Waals surface area (Å²) in [7, 11) is 0. The Morgan fingerprint density at radius 3 is 2.82 bits per heavy atom. The van der Waals surface area contributed by atoms with Crippen LogP contribution in [-0.4, -0.2) is 44.6 Å². The molecule has 17 heavy (non-hydrogen) atoms. The molecule has 0 spiro atoms. The first-order valence-electron chi connectivity index (χ1n) is 4.86. The number of carbonyl (C=O) groups is 2. The van der Waals surface area contributed by atoms with Crippen LogP contribution in [0.15, 0.2) is 6.20 Å². The fourth-order valence-corrected chi connectivity index (χ4v) is 1.02. The van der Waals surface area contributed by atoms with E-state index in [1.807, 2.05) is 0 Å². The van der Waals surface area contributed by atoms with Crippen LogP contribution >= 0.6 is 0 Å². The van der Waals surface area contributed by atoms with E-state index in [2.05, 4.69) is 15.6 Å². The number of carbonyl (C=O) groups excluding carboxylic acids is 2. The van der Waals surface area contributed by atoms with Crippen LogP contribution < -0.4 is 16.8 Å². The van der Waals surface area contributed by atoms with Gasteiger partial charge < -0.3 is 21.9 Å². The van der Waals surface area contributed by atoms with Gasteiger partial charge in [-0.25, -0.2) is 4.68 Å². The number of nitrogens with two attached hydrogens (primary N) is 2. The molecule has 0 fully saturated rings. The third-order valence-electron chi connectivity index (χ3n) is 1.92. The summed E-state index contributed by atoms with van der Waals surface area (Å²) in [4.78, 5) is 21.8. The zero-order chi connectivity index (χ0) is 12.8. The molecule has 0 aromatic carbocycles. The third-order valence-corrected chi connectivity index (χ3v) is 1.92. The van der Waals surface area contributed by atoms with Crippen LogP contribution in [0.2, 0.25) is 0 Å². The van der Waals surface area contributed by atoms with Crippen molar-refractivity contribution in [2.45, 2.75) is 19.2 Å². The average molecular weight is 242 g/mol. The number of nitrogens with one attached hydrogen (secondary N) is 1. The fourth-order valence-electron chi connectivity index (χ4n) is 1.02. The molecule has 1 unspecified atom stereocenters. The molecule has 1 atom stereocenters. The molecule has 0 bridgehead atoms. The highest BCUT2D eigenvalue weighted by atomic mass is 16.3. The van der Waals surface area contributed by atoms with Gasteiger partial charge >= 0.3 is 0 Å². The standard InChI is InChI=1S/C8H14N6O3/c9-1-5-3-14(13-12-5)4-7(16)11-2-6(15)8(10)17/h3,6,15H,1-2,4,9H2,(H2,10,17)(H,11,16).